The molecule has 0 atom stereocenters. The highest BCUT2D eigenvalue weighted by atomic mass is 32.2. The SMILES string of the molecule is CCC(=O)CN(CC(=O)NCCCN)S(=O)(=O)c1ccc([N+](=O)[O-])cc1. The number of rotatable bonds is 11. The van der Waals surface area contributed by atoms with Crippen LogP contribution in [0.5, 0.6) is 0 Å². The second kappa shape index (κ2) is 9.94. The summed E-state index contributed by atoms with van der Waals surface area (Å²) in [4.78, 5) is 33.5. The Kier molecular flexibility index (Phi) is 8.29. The molecule has 0 saturated carbocycles. The van der Waals surface area contributed by atoms with Gasteiger partial charge in [0.25, 0.3) is 5.69 Å². The van der Waals surface area contributed by atoms with E-state index in [1.54, 1.807) is 6.92 Å². The van der Waals surface area contributed by atoms with Gasteiger partial charge >= 0.3 is 0 Å². The zero-order valence-corrected chi connectivity index (χ0v) is 15.2. The molecule has 0 aromatic heterocycles. The highest BCUT2D eigenvalue weighted by molar-refractivity contribution is 7.89. The number of nitrogens with two attached hydrogens (primary N) is 1. The van der Waals surface area contributed by atoms with Crippen LogP contribution in [0.25, 0.3) is 0 Å². The Hall–Kier alpha value is -2.37. The second-order valence-electron chi connectivity index (χ2n) is 5.41. The van der Waals surface area contributed by atoms with Crippen molar-refractivity contribution in [3.8, 4) is 0 Å². The van der Waals surface area contributed by atoms with Gasteiger partial charge in [-0.3, -0.25) is 19.7 Å². The molecule has 10 nitrogen and oxygen atoms in total. The maximum Gasteiger partial charge on any atom is 0.269 e. The van der Waals surface area contributed by atoms with Gasteiger partial charge in [-0.05, 0) is 25.1 Å². The number of carbonyl (C=O) groups is 2. The molecule has 3 N–H and O–H groups in total. The first-order valence-corrected chi connectivity index (χ1v) is 9.39. The molecule has 0 spiro atoms. The Morgan fingerprint density at radius 1 is 1.23 bits per heavy atom. The number of nitro benzene ring substituents is 1. The Morgan fingerprint density at radius 2 is 1.85 bits per heavy atom. The van der Waals surface area contributed by atoms with E-state index in [-0.39, 0.29) is 22.8 Å². The molecule has 0 fully saturated rings. The lowest BCUT2D eigenvalue weighted by atomic mass is 10.3. The van der Waals surface area contributed by atoms with Crippen LogP contribution in [-0.4, -0.2) is 55.5 Å². The number of sulfonamides is 1. The Bertz CT molecular complexity index is 748. The van der Waals surface area contributed by atoms with Gasteiger partial charge in [0.15, 0.2) is 0 Å². The van der Waals surface area contributed by atoms with Gasteiger partial charge in [-0.1, -0.05) is 6.92 Å². The number of amides is 1. The highest BCUT2D eigenvalue weighted by Crippen LogP contribution is 2.19. The molecule has 1 aromatic carbocycles. The van der Waals surface area contributed by atoms with Crippen LogP contribution in [-0.2, 0) is 19.6 Å². The summed E-state index contributed by atoms with van der Waals surface area (Å²) < 4.78 is 26.2. The van der Waals surface area contributed by atoms with E-state index in [2.05, 4.69) is 5.32 Å². The lowest BCUT2D eigenvalue weighted by Gasteiger charge is -2.21. The van der Waals surface area contributed by atoms with Crippen LogP contribution in [0.4, 0.5) is 5.69 Å². The topological polar surface area (TPSA) is 153 Å². The predicted molar refractivity (Wildman–Crippen MR) is 93.8 cm³/mol. The summed E-state index contributed by atoms with van der Waals surface area (Å²) >= 11 is 0. The fourth-order valence-electron chi connectivity index (χ4n) is 1.97. The summed E-state index contributed by atoms with van der Waals surface area (Å²) in [5, 5.41) is 13.2. The number of hydrogen-bond acceptors (Lipinski definition) is 7. The first kappa shape index (κ1) is 21.7. The van der Waals surface area contributed by atoms with Crippen LogP contribution in [0.2, 0.25) is 0 Å². The maximum atomic E-state index is 12.7. The van der Waals surface area contributed by atoms with E-state index < -0.39 is 33.9 Å². The van der Waals surface area contributed by atoms with Crippen LogP contribution < -0.4 is 11.1 Å². The van der Waals surface area contributed by atoms with Crippen molar-refractivity contribution in [2.75, 3.05) is 26.2 Å². The largest absolute Gasteiger partial charge is 0.355 e. The molecule has 0 aliphatic carbocycles. The number of nitro groups is 1. The predicted octanol–water partition coefficient (Wildman–Crippen LogP) is 0.0296. The molecule has 0 radical (unpaired) electrons. The van der Waals surface area contributed by atoms with Gasteiger partial charge in [0.1, 0.15) is 5.78 Å². The number of Topliss-reactive ketones (excluding diaryl/α,β-unsaturated/α-hetero) is 1. The zero-order chi connectivity index (χ0) is 19.7. The van der Waals surface area contributed by atoms with E-state index in [0.717, 1.165) is 28.6 Å². The van der Waals surface area contributed by atoms with Crippen molar-refractivity contribution in [1.29, 1.82) is 0 Å². The lowest BCUT2D eigenvalue weighted by Crippen LogP contribution is -2.43. The van der Waals surface area contributed by atoms with E-state index in [1.165, 1.54) is 0 Å². The number of non-ortho nitro benzene ring substituents is 1. The van der Waals surface area contributed by atoms with E-state index in [4.69, 9.17) is 5.73 Å². The first-order valence-electron chi connectivity index (χ1n) is 7.95. The molecular formula is C15H22N4O6S. The fourth-order valence-corrected chi connectivity index (χ4v) is 3.35. The summed E-state index contributed by atoms with van der Waals surface area (Å²) in [7, 11) is -4.17. The van der Waals surface area contributed by atoms with Crippen molar-refractivity contribution < 1.29 is 22.9 Å². The summed E-state index contributed by atoms with van der Waals surface area (Å²) in [5.41, 5.74) is 5.06. The second-order valence-corrected chi connectivity index (χ2v) is 7.35. The van der Waals surface area contributed by atoms with Gasteiger partial charge in [-0.25, -0.2) is 8.42 Å². The van der Waals surface area contributed by atoms with Crippen LogP contribution in [0.1, 0.15) is 19.8 Å². The van der Waals surface area contributed by atoms with Crippen molar-refractivity contribution >= 4 is 27.4 Å². The minimum Gasteiger partial charge on any atom is -0.355 e. The third kappa shape index (κ3) is 6.17. The first-order chi connectivity index (χ1) is 12.2. The van der Waals surface area contributed by atoms with E-state index >= 15 is 0 Å². The van der Waals surface area contributed by atoms with Gasteiger partial charge in [0.05, 0.1) is 22.9 Å². The molecular weight excluding hydrogens is 364 g/mol. The molecule has 0 unspecified atom stereocenters. The minimum atomic E-state index is -4.17. The highest BCUT2D eigenvalue weighted by Gasteiger charge is 2.28. The number of benzene rings is 1. The molecule has 0 heterocycles. The molecule has 0 aliphatic heterocycles. The third-order valence-electron chi connectivity index (χ3n) is 3.46. The number of carbonyl (C=O) groups excluding carboxylic acids is 2. The van der Waals surface area contributed by atoms with Crippen LogP contribution >= 0.6 is 0 Å². The van der Waals surface area contributed by atoms with Gasteiger partial charge in [-0.2, -0.15) is 4.31 Å². The summed E-state index contributed by atoms with van der Waals surface area (Å²) in [6.07, 6.45) is 0.649. The Morgan fingerprint density at radius 3 is 2.35 bits per heavy atom. The van der Waals surface area contributed by atoms with Gasteiger partial charge in [-0.15, -0.1) is 0 Å². The molecule has 26 heavy (non-hydrogen) atoms. The van der Waals surface area contributed by atoms with Crippen molar-refractivity contribution in [2.24, 2.45) is 5.73 Å². The lowest BCUT2D eigenvalue weighted by molar-refractivity contribution is -0.384. The maximum absolute atomic E-state index is 12.7. The number of nitrogens with zero attached hydrogens (tertiary/aromatic N) is 2. The van der Waals surface area contributed by atoms with E-state index in [0.29, 0.717) is 19.5 Å². The molecule has 1 aromatic rings. The number of hydrogen-bond donors (Lipinski definition) is 2. The average Bonchev–Trinajstić information content (AvgIpc) is 2.61. The molecule has 0 aliphatic rings. The average molecular weight is 386 g/mol. The molecule has 0 saturated heterocycles. The van der Waals surface area contributed by atoms with Gasteiger partial charge < -0.3 is 11.1 Å². The van der Waals surface area contributed by atoms with Crippen molar-refractivity contribution in [3.63, 3.8) is 0 Å². The molecule has 1 rings (SSSR count). The van der Waals surface area contributed by atoms with Gasteiger partial charge in [0.2, 0.25) is 15.9 Å². The monoisotopic (exact) mass is 386 g/mol. The van der Waals surface area contributed by atoms with Crippen LogP contribution in [0, 0.1) is 10.1 Å². The van der Waals surface area contributed by atoms with Crippen LogP contribution in [0.15, 0.2) is 29.2 Å². The molecule has 144 valence electrons. The van der Waals surface area contributed by atoms with Gasteiger partial charge in [0, 0.05) is 25.1 Å². The Balaban J connectivity index is 3.04. The standard InChI is InChI=1S/C15H22N4O6S/c1-2-13(20)10-18(11-15(21)17-9-3-8-16)26(24,25)14-6-4-12(5-7-14)19(22)23/h4-7H,2-3,8-11,16H2,1H3,(H,17,21). The van der Waals surface area contributed by atoms with Crippen LogP contribution in [0.3, 0.4) is 0 Å². The van der Waals surface area contributed by atoms with Crippen molar-refractivity contribution in [1.82, 2.24) is 9.62 Å². The van der Waals surface area contributed by atoms with E-state index in [1.807, 2.05) is 0 Å². The smallest absolute Gasteiger partial charge is 0.269 e. The van der Waals surface area contributed by atoms with E-state index in [9.17, 15) is 28.1 Å². The number of ketones is 1. The fraction of sp³-hybridized carbons (Fsp3) is 0.467. The van der Waals surface area contributed by atoms with Crippen molar-refractivity contribution in [3.05, 3.63) is 34.4 Å². The summed E-state index contributed by atoms with van der Waals surface area (Å²) in [6.45, 7) is 1.26. The summed E-state index contributed by atoms with van der Waals surface area (Å²) in [5.74, 6) is -0.918. The zero-order valence-electron chi connectivity index (χ0n) is 14.4. The third-order valence-corrected chi connectivity index (χ3v) is 5.26. The quantitative estimate of drug-likeness (QED) is 0.309. The minimum absolute atomic E-state index is 0.112. The normalized spacial score (nSPS) is 11.3. The van der Waals surface area contributed by atoms with Crippen molar-refractivity contribution in [2.45, 2.75) is 24.7 Å². The molecule has 1 amide bonds. The molecule has 0 bridgehead atoms. The number of nitrogens with one attached hydrogen (secondary N) is 1. The molecule has 11 heteroatoms. The Labute approximate surface area is 151 Å². The summed E-state index contributed by atoms with van der Waals surface area (Å²) in [6, 6.07) is 4.24.